The predicted molar refractivity (Wildman–Crippen MR) is 92.9 cm³/mol. The van der Waals surface area contributed by atoms with Gasteiger partial charge >= 0.3 is 0 Å². The van der Waals surface area contributed by atoms with Crippen LogP contribution in [0.4, 0.5) is 0 Å². The number of aryl methyl sites for hydroxylation is 1. The van der Waals surface area contributed by atoms with Gasteiger partial charge < -0.3 is 5.32 Å². The van der Waals surface area contributed by atoms with Crippen LogP contribution in [0.15, 0.2) is 42.7 Å². The Labute approximate surface area is 135 Å². The van der Waals surface area contributed by atoms with Crippen LogP contribution in [0.25, 0.3) is 0 Å². The van der Waals surface area contributed by atoms with Crippen molar-refractivity contribution in [1.29, 1.82) is 0 Å². The van der Waals surface area contributed by atoms with Gasteiger partial charge in [0.05, 0.1) is 0 Å². The fourth-order valence-corrected chi connectivity index (χ4v) is 2.83. The van der Waals surface area contributed by atoms with Gasteiger partial charge in [0, 0.05) is 22.0 Å². The Morgan fingerprint density at radius 3 is 2.55 bits per heavy atom. The molecule has 3 heteroatoms. The van der Waals surface area contributed by atoms with E-state index in [1.54, 1.807) is 0 Å². The summed E-state index contributed by atoms with van der Waals surface area (Å²) in [5.41, 5.74) is 4.09. The zero-order valence-electron chi connectivity index (χ0n) is 12.1. The van der Waals surface area contributed by atoms with Crippen molar-refractivity contribution < 1.29 is 0 Å². The summed E-state index contributed by atoms with van der Waals surface area (Å²) < 4.78 is 1.28. The van der Waals surface area contributed by atoms with Crippen LogP contribution in [0, 0.1) is 3.57 Å². The van der Waals surface area contributed by atoms with Gasteiger partial charge in [0.1, 0.15) is 0 Å². The van der Waals surface area contributed by atoms with Crippen LogP contribution in [0.5, 0.6) is 0 Å². The van der Waals surface area contributed by atoms with Gasteiger partial charge in [-0.25, -0.2) is 0 Å². The molecule has 2 rings (SSSR count). The molecule has 0 saturated heterocycles. The molecule has 1 aromatic heterocycles. The van der Waals surface area contributed by atoms with E-state index in [9.17, 15) is 0 Å². The lowest BCUT2D eigenvalue weighted by Gasteiger charge is -2.21. The highest BCUT2D eigenvalue weighted by molar-refractivity contribution is 14.1. The maximum Gasteiger partial charge on any atom is 0.0364 e. The second kappa shape index (κ2) is 7.74. The number of likely N-dealkylation sites (N-methyl/N-ethyl adjacent to an activating group) is 1. The highest BCUT2D eigenvalue weighted by Gasteiger charge is 2.14. The Kier molecular flexibility index (Phi) is 5.98. The van der Waals surface area contributed by atoms with Crippen LogP contribution in [0.2, 0.25) is 0 Å². The van der Waals surface area contributed by atoms with E-state index in [0.29, 0.717) is 6.04 Å². The van der Waals surface area contributed by atoms with Crippen LogP contribution in [0.1, 0.15) is 36.6 Å². The highest BCUT2D eigenvalue weighted by Crippen LogP contribution is 2.22. The first-order valence-corrected chi connectivity index (χ1v) is 8.23. The molecular formula is C17H21IN2. The first-order valence-electron chi connectivity index (χ1n) is 7.15. The van der Waals surface area contributed by atoms with Crippen LogP contribution in [-0.4, -0.2) is 11.5 Å². The van der Waals surface area contributed by atoms with E-state index in [-0.39, 0.29) is 0 Å². The molecule has 1 heterocycles. The van der Waals surface area contributed by atoms with Crippen molar-refractivity contribution in [3.63, 3.8) is 0 Å². The molecule has 0 bridgehead atoms. The quantitative estimate of drug-likeness (QED) is 0.762. The van der Waals surface area contributed by atoms with Gasteiger partial charge in [-0.05, 0) is 76.9 Å². The van der Waals surface area contributed by atoms with Gasteiger partial charge in [0.25, 0.3) is 0 Å². The number of nitrogens with zero attached hydrogens (tertiary/aromatic N) is 1. The summed E-state index contributed by atoms with van der Waals surface area (Å²) in [6.07, 6.45) is 5.93. The average molecular weight is 380 g/mol. The third kappa shape index (κ3) is 4.03. The molecule has 0 fully saturated rings. The monoisotopic (exact) mass is 380 g/mol. The van der Waals surface area contributed by atoms with Gasteiger partial charge in [-0.2, -0.15) is 0 Å². The lowest BCUT2D eigenvalue weighted by Crippen LogP contribution is -2.24. The molecule has 2 nitrogen and oxygen atoms in total. The second-order valence-corrected chi connectivity index (χ2v) is 6.11. The van der Waals surface area contributed by atoms with E-state index in [2.05, 4.69) is 77.1 Å². The van der Waals surface area contributed by atoms with Crippen molar-refractivity contribution in [3.8, 4) is 0 Å². The first kappa shape index (κ1) is 15.4. The van der Waals surface area contributed by atoms with Crippen molar-refractivity contribution in [2.75, 3.05) is 6.54 Å². The van der Waals surface area contributed by atoms with Crippen molar-refractivity contribution in [1.82, 2.24) is 10.3 Å². The molecule has 0 saturated carbocycles. The number of halogens is 1. The largest absolute Gasteiger partial charge is 0.310 e. The molecule has 0 spiro atoms. The normalized spacial score (nSPS) is 12.3. The summed E-state index contributed by atoms with van der Waals surface area (Å²) in [4.78, 5) is 4.25. The third-order valence-electron chi connectivity index (χ3n) is 3.50. The lowest BCUT2D eigenvalue weighted by molar-refractivity contribution is 0.545. The van der Waals surface area contributed by atoms with E-state index in [1.165, 1.54) is 20.3 Å². The molecule has 0 aliphatic heterocycles. The van der Waals surface area contributed by atoms with Crippen molar-refractivity contribution >= 4 is 22.6 Å². The molecule has 0 radical (unpaired) electrons. The van der Waals surface area contributed by atoms with Gasteiger partial charge in [-0.1, -0.05) is 26.0 Å². The number of hydrogen-bond donors (Lipinski definition) is 1. The Hall–Kier alpha value is -0.940. The van der Waals surface area contributed by atoms with E-state index in [4.69, 9.17) is 0 Å². The summed E-state index contributed by atoms with van der Waals surface area (Å²) in [6.45, 7) is 5.32. The Morgan fingerprint density at radius 1 is 1.15 bits per heavy atom. The number of pyridine rings is 1. The highest BCUT2D eigenvalue weighted by atomic mass is 127. The van der Waals surface area contributed by atoms with Crippen LogP contribution in [-0.2, 0) is 12.8 Å². The second-order valence-electron chi connectivity index (χ2n) is 4.87. The summed E-state index contributed by atoms with van der Waals surface area (Å²) in [7, 11) is 0. The molecule has 20 heavy (non-hydrogen) atoms. The molecule has 1 aromatic carbocycles. The standard InChI is InChI=1S/C17H21IN2/c1-3-14-12-19-10-9-16(14)17(20-4-2)11-13-5-7-15(18)8-6-13/h5-10,12,17,20H,3-4,11H2,1-2H3. The minimum Gasteiger partial charge on any atom is -0.310 e. The van der Waals surface area contributed by atoms with Gasteiger partial charge in [0.15, 0.2) is 0 Å². The minimum absolute atomic E-state index is 0.359. The van der Waals surface area contributed by atoms with Gasteiger partial charge in [-0.3, -0.25) is 4.98 Å². The maximum absolute atomic E-state index is 4.25. The minimum atomic E-state index is 0.359. The number of nitrogens with one attached hydrogen (secondary N) is 1. The lowest BCUT2D eigenvalue weighted by atomic mass is 9.95. The number of benzene rings is 1. The molecule has 0 aliphatic rings. The van der Waals surface area contributed by atoms with Crippen molar-refractivity contribution in [2.45, 2.75) is 32.7 Å². The maximum atomic E-state index is 4.25. The number of hydrogen-bond acceptors (Lipinski definition) is 2. The zero-order valence-corrected chi connectivity index (χ0v) is 14.2. The van der Waals surface area contributed by atoms with E-state index < -0.39 is 0 Å². The summed E-state index contributed by atoms with van der Waals surface area (Å²) in [6, 6.07) is 11.3. The predicted octanol–water partition coefficient (Wildman–Crippen LogP) is 4.14. The molecule has 106 valence electrons. The van der Waals surface area contributed by atoms with E-state index in [1.807, 2.05) is 12.4 Å². The zero-order chi connectivity index (χ0) is 14.4. The number of rotatable bonds is 6. The Morgan fingerprint density at radius 2 is 1.90 bits per heavy atom. The first-order chi connectivity index (χ1) is 9.74. The Balaban J connectivity index is 2.24. The fraction of sp³-hybridized carbons (Fsp3) is 0.353. The van der Waals surface area contributed by atoms with Crippen LogP contribution < -0.4 is 5.32 Å². The summed E-state index contributed by atoms with van der Waals surface area (Å²) in [5, 5.41) is 3.61. The third-order valence-corrected chi connectivity index (χ3v) is 4.22. The molecule has 0 aliphatic carbocycles. The average Bonchev–Trinajstić information content (AvgIpc) is 2.49. The summed E-state index contributed by atoms with van der Waals surface area (Å²) >= 11 is 2.35. The van der Waals surface area contributed by atoms with Crippen molar-refractivity contribution in [2.24, 2.45) is 0 Å². The molecule has 1 N–H and O–H groups in total. The van der Waals surface area contributed by atoms with Crippen LogP contribution in [0.3, 0.4) is 0 Å². The SMILES string of the molecule is CCNC(Cc1ccc(I)cc1)c1ccncc1CC. The molecule has 0 amide bonds. The topological polar surface area (TPSA) is 24.9 Å². The molecular weight excluding hydrogens is 359 g/mol. The smallest absolute Gasteiger partial charge is 0.0364 e. The molecule has 2 aromatic rings. The fourth-order valence-electron chi connectivity index (χ4n) is 2.47. The van der Waals surface area contributed by atoms with Crippen molar-refractivity contribution in [3.05, 3.63) is 63.0 Å². The van der Waals surface area contributed by atoms with E-state index >= 15 is 0 Å². The van der Waals surface area contributed by atoms with Crippen LogP contribution >= 0.6 is 22.6 Å². The Bertz CT molecular complexity index is 537. The van der Waals surface area contributed by atoms with Gasteiger partial charge in [0.2, 0.25) is 0 Å². The number of aromatic nitrogens is 1. The molecule has 1 unspecified atom stereocenters. The van der Waals surface area contributed by atoms with E-state index in [0.717, 1.165) is 19.4 Å². The van der Waals surface area contributed by atoms with Gasteiger partial charge in [-0.15, -0.1) is 0 Å². The summed E-state index contributed by atoms with van der Waals surface area (Å²) in [5.74, 6) is 0. The molecule has 1 atom stereocenters.